The van der Waals surface area contributed by atoms with Crippen LogP contribution in [0.5, 0.6) is 0 Å². The van der Waals surface area contributed by atoms with E-state index in [2.05, 4.69) is 6.92 Å². The molecule has 0 spiro atoms. The van der Waals surface area contributed by atoms with Gasteiger partial charge in [-0.25, -0.2) is 0 Å². The van der Waals surface area contributed by atoms with Gasteiger partial charge in [-0.3, -0.25) is 0 Å². The largest absolute Gasteiger partial charge is 1.00 e. The predicted octanol–water partition coefficient (Wildman–Crippen LogP) is -5.19. The number of hydrogen-bond donors (Lipinski definition) is 0. The molecule has 0 heterocycles. The van der Waals surface area contributed by atoms with Gasteiger partial charge in [-0.15, -0.1) is 0 Å². The third-order valence-electron chi connectivity index (χ3n) is 2.81. The van der Waals surface area contributed by atoms with Crippen molar-refractivity contribution in [1.29, 1.82) is 0 Å². The summed E-state index contributed by atoms with van der Waals surface area (Å²) in [6.07, 6.45) is 10.2. The van der Waals surface area contributed by atoms with Crippen LogP contribution in [0.2, 0.25) is 0 Å². The zero-order chi connectivity index (χ0) is 13.8. The van der Waals surface area contributed by atoms with Gasteiger partial charge in [0.2, 0.25) is 0 Å². The van der Waals surface area contributed by atoms with E-state index in [1.807, 2.05) is 6.08 Å². The molecule has 0 aliphatic carbocycles. The van der Waals surface area contributed by atoms with Gasteiger partial charge in [-0.05, 0) is 25.7 Å². The van der Waals surface area contributed by atoms with Crippen molar-refractivity contribution in [3.05, 3.63) is 12.2 Å². The van der Waals surface area contributed by atoms with Crippen molar-refractivity contribution in [2.75, 3.05) is 0 Å². The Labute approximate surface area is 166 Å². The summed E-state index contributed by atoms with van der Waals surface area (Å²) in [5.74, 6) is -3.66. The van der Waals surface area contributed by atoms with Crippen LogP contribution in [0.25, 0.3) is 0 Å². The summed E-state index contributed by atoms with van der Waals surface area (Å²) in [4.78, 5) is 21.0. The van der Waals surface area contributed by atoms with Crippen LogP contribution in [-0.2, 0) is 9.59 Å². The standard InChI is InChI=1S/C14H24O4.2Na/c1-2-3-4-5-6-7-8-9-10-12(14(17)18)11-13(15)16;;/h8-9,12H,2-7,10-11H2,1H3,(H,15,16)(H,17,18);;/q;2*+1/p-2/b9-8+;;. The molecule has 4 nitrogen and oxygen atoms in total. The normalized spacial score (nSPS) is 11.4. The molecule has 20 heavy (non-hydrogen) atoms. The summed E-state index contributed by atoms with van der Waals surface area (Å²) in [6, 6.07) is 0. The first-order chi connectivity index (χ1) is 8.57. The Morgan fingerprint density at radius 3 is 2.10 bits per heavy atom. The molecule has 0 bridgehead atoms. The zero-order valence-corrected chi connectivity index (χ0v) is 17.0. The van der Waals surface area contributed by atoms with E-state index < -0.39 is 24.3 Å². The molecule has 0 aliphatic rings. The Balaban J connectivity index is -0.00000144. The smallest absolute Gasteiger partial charge is 0.550 e. The molecule has 0 radical (unpaired) electrons. The maximum Gasteiger partial charge on any atom is 1.00 e. The number of aliphatic carboxylic acids is 2. The summed E-state index contributed by atoms with van der Waals surface area (Å²) >= 11 is 0. The first-order valence-electron chi connectivity index (χ1n) is 6.63. The molecule has 0 aromatic heterocycles. The number of carboxylic acid groups (broad SMARTS) is 2. The van der Waals surface area contributed by atoms with Crippen molar-refractivity contribution in [2.45, 2.75) is 58.3 Å². The summed E-state index contributed by atoms with van der Waals surface area (Å²) in [7, 11) is 0. The quantitative estimate of drug-likeness (QED) is 0.217. The minimum atomic E-state index is -1.35. The Bertz CT molecular complexity index is 280. The van der Waals surface area contributed by atoms with Gasteiger partial charge in [-0.1, -0.05) is 44.8 Å². The third-order valence-corrected chi connectivity index (χ3v) is 2.81. The van der Waals surface area contributed by atoms with E-state index in [9.17, 15) is 19.8 Å². The summed E-state index contributed by atoms with van der Waals surface area (Å²) in [5, 5.41) is 21.0. The van der Waals surface area contributed by atoms with Crippen LogP contribution in [-0.4, -0.2) is 11.9 Å². The van der Waals surface area contributed by atoms with Gasteiger partial charge in [0.1, 0.15) is 0 Å². The van der Waals surface area contributed by atoms with Gasteiger partial charge in [0.15, 0.2) is 0 Å². The first kappa shape index (κ1) is 25.6. The van der Waals surface area contributed by atoms with Gasteiger partial charge >= 0.3 is 59.1 Å². The molecule has 0 saturated heterocycles. The molecule has 6 heteroatoms. The molecule has 1 atom stereocenters. The second-order valence-corrected chi connectivity index (χ2v) is 4.50. The Kier molecular flexibility index (Phi) is 22.7. The Morgan fingerprint density at radius 2 is 1.60 bits per heavy atom. The van der Waals surface area contributed by atoms with Gasteiger partial charge in [-0.2, -0.15) is 0 Å². The number of rotatable bonds is 11. The number of hydrogen-bond acceptors (Lipinski definition) is 4. The molecule has 0 N–H and O–H groups in total. The predicted molar refractivity (Wildman–Crippen MR) is 65.3 cm³/mol. The van der Waals surface area contributed by atoms with E-state index in [0.29, 0.717) is 0 Å². The third kappa shape index (κ3) is 16.7. The van der Waals surface area contributed by atoms with Crippen LogP contribution in [0.15, 0.2) is 12.2 Å². The number of allylic oxidation sites excluding steroid dienone is 2. The van der Waals surface area contributed by atoms with Crippen molar-refractivity contribution in [3.8, 4) is 0 Å². The molecule has 1 unspecified atom stereocenters. The first-order valence-corrected chi connectivity index (χ1v) is 6.63. The van der Waals surface area contributed by atoms with Gasteiger partial charge in [0.05, 0.1) is 0 Å². The molecule has 0 fully saturated rings. The van der Waals surface area contributed by atoms with Crippen LogP contribution >= 0.6 is 0 Å². The van der Waals surface area contributed by atoms with Crippen molar-refractivity contribution in [1.82, 2.24) is 0 Å². The zero-order valence-electron chi connectivity index (χ0n) is 13.0. The minimum Gasteiger partial charge on any atom is -0.550 e. The summed E-state index contributed by atoms with van der Waals surface area (Å²) in [6.45, 7) is 2.16. The van der Waals surface area contributed by atoms with E-state index >= 15 is 0 Å². The molecule has 104 valence electrons. The molecule has 0 amide bonds. The minimum absolute atomic E-state index is 0. The Hall–Kier alpha value is 0.680. The number of carboxylic acids is 2. The van der Waals surface area contributed by atoms with Crippen LogP contribution in [0.3, 0.4) is 0 Å². The topological polar surface area (TPSA) is 80.3 Å². The number of carbonyl (C=O) groups excluding carboxylic acids is 2. The van der Waals surface area contributed by atoms with Gasteiger partial charge in [0, 0.05) is 17.9 Å². The van der Waals surface area contributed by atoms with Crippen molar-refractivity contribution in [2.24, 2.45) is 5.92 Å². The van der Waals surface area contributed by atoms with Crippen LogP contribution in [0.4, 0.5) is 0 Å². The fraction of sp³-hybridized carbons (Fsp3) is 0.714. The van der Waals surface area contributed by atoms with E-state index in [1.165, 1.54) is 25.7 Å². The second-order valence-electron chi connectivity index (χ2n) is 4.50. The van der Waals surface area contributed by atoms with Crippen LogP contribution in [0.1, 0.15) is 58.3 Å². The molecule has 0 rings (SSSR count). The van der Waals surface area contributed by atoms with Gasteiger partial charge in [0.25, 0.3) is 0 Å². The average Bonchev–Trinajstić information content (AvgIpc) is 2.30. The number of carbonyl (C=O) groups is 2. The fourth-order valence-corrected chi connectivity index (χ4v) is 1.71. The molecule has 0 aromatic carbocycles. The van der Waals surface area contributed by atoms with Crippen molar-refractivity contribution < 1.29 is 78.9 Å². The second kappa shape index (κ2) is 17.7. The van der Waals surface area contributed by atoms with Crippen LogP contribution in [0, 0.1) is 5.92 Å². The summed E-state index contributed by atoms with van der Waals surface area (Å²) < 4.78 is 0. The fourth-order valence-electron chi connectivity index (χ4n) is 1.71. The SMILES string of the molecule is CCCCCCC/C=C/CC(CC(=O)[O-])C(=O)[O-].[Na+].[Na+]. The molecular weight excluding hydrogens is 278 g/mol. The molecule has 0 aromatic rings. The Morgan fingerprint density at radius 1 is 1.00 bits per heavy atom. The molecule has 0 aliphatic heterocycles. The molecule has 0 saturated carbocycles. The molecular formula is C14H22Na2O4. The maximum atomic E-state index is 10.6. The van der Waals surface area contributed by atoms with E-state index in [-0.39, 0.29) is 65.5 Å². The number of unbranched alkanes of at least 4 members (excludes halogenated alkanes) is 5. The maximum absolute atomic E-state index is 10.6. The summed E-state index contributed by atoms with van der Waals surface area (Å²) in [5.41, 5.74) is 0. The van der Waals surface area contributed by atoms with Crippen molar-refractivity contribution >= 4 is 11.9 Å². The van der Waals surface area contributed by atoms with E-state index in [0.717, 1.165) is 12.8 Å². The monoisotopic (exact) mass is 300 g/mol. The van der Waals surface area contributed by atoms with Crippen LogP contribution < -0.4 is 69.3 Å². The van der Waals surface area contributed by atoms with Gasteiger partial charge < -0.3 is 19.8 Å². The van der Waals surface area contributed by atoms with E-state index in [4.69, 9.17) is 0 Å². The van der Waals surface area contributed by atoms with E-state index in [1.54, 1.807) is 6.08 Å². The average molecular weight is 300 g/mol. The van der Waals surface area contributed by atoms with Crippen molar-refractivity contribution in [3.63, 3.8) is 0 Å².